The van der Waals surface area contributed by atoms with Gasteiger partial charge in [-0.15, -0.1) is 21.5 Å². The van der Waals surface area contributed by atoms with Crippen molar-refractivity contribution in [3.05, 3.63) is 70.7 Å². The third-order valence-electron chi connectivity index (χ3n) is 4.17. The minimum absolute atomic E-state index is 0.793. The van der Waals surface area contributed by atoms with E-state index in [9.17, 15) is 0 Å². The summed E-state index contributed by atoms with van der Waals surface area (Å²) in [6, 6.07) is 16.5. The molecule has 4 aromatic rings. The number of thiazole rings is 1. The zero-order valence-electron chi connectivity index (χ0n) is 15.0. The van der Waals surface area contributed by atoms with E-state index in [1.165, 1.54) is 11.1 Å². The van der Waals surface area contributed by atoms with E-state index in [2.05, 4.69) is 59.0 Å². The van der Waals surface area contributed by atoms with Gasteiger partial charge in [0, 0.05) is 22.4 Å². The van der Waals surface area contributed by atoms with Crippen molar-refractivity contribution >= 4 is 45.3 Å². The molecule has 0 saturated carbocycles. The number of thioether (sulfide) groups is 1. The van der Waals surface area contributed by atoms with Crippen molar-refractivity contribution in [3.63, 3.8) is 0 Å². The molecular formula is C20H18N4S3. The maximum atomic E-state index is 4.73. The zero-order chi connectivity index (χ0) is 18.6. The smallest absolute Gasteiger partial charge is 0.210 e. The molecule has 0 amide bonds. The molecule has 0 fully saturated rings. The Morgan fingerprint density at radius 3 is 2.70 bits per heavy atom. The predicted molar refractivity (Wildman–Crippen MR) is 116 cm³/mol. The molecule has 2 heterocycles. The Labute approximate surface area is 170 Å². The molecule has 0 aliphatic rings. The Kier molecular flexibility index (Phi) is 5.52. The Morgan fingerprint density at radius 1 is 1.00 bits per heavy atom. The number of nitrogens with one attached hydrogen (secondary N) is 1. The molecule has 0 radical (unpaired) electrons. The van der Waals surface area contributed by atoms with E-state index in [0.717, 1.165) is 37.2 Å². The quantitative estimate of drug-likeness (QED) is 0.377. The Hall–Kier alpha value is -2.22. The molecule has 1 N–H and O–H groups in total. The molecule has 136 valence electrons. The molecule has 0 aliphatic carbocycles. The van der Waals surface area contributed by atoms with E-state index in [0.29, 0.717) is 0 Å². The lowest BCUT2D eigenvalue weighted by molar-refractivity contribution is 1.01. The number of benzene rings is 2. The number of anilines is 2. The fraction of sp³-hybridized carbons (Fsp3) is 0.150. The summed E-state index contributed by atoms with van der Waals surface area (Å²) in [4.78, 5) is 4.73. The lowest BCUT2D eigenvalue weighted by atomic mass is 10.1. The van der Waals surface area contributed by atoms with E-state index >= 15 is 0 Å². The van der Waals surface area contributed by atoms with Crippen molar-refractivity contribution in [2.75, 3.05) is 5.32 Å². The number of rotatable bonds is 6. The van der Waals surface area contributed by atoms with Crippen LogP contribution < -0.4 is 5.32 Å². The van der Waals surface area contributed by atoms with Gasteiger partial charge in [-0.05, 0) is 31.0 Å². The standard InChI is InChI=1S/C20H18N4S3/c1-13-7-6-10-17(14(13)2)22-19-23-24-20(27-19)26-12-16-11-25-18(21-16)15-8-4-3-5-9-15/h3-11H,12H2,1-2H3,(H,22,23). The molecule has 0 bridgehead atoms. The fourth-order valence-corrected chi connectivity index (χ4v) is 5.13. The van der Waals surface area contributed by atoms with Crippen LogP contribution in [0.1, 0.15) is 16.8 Å². The van der Waals surface area contributed by atoms with Crippen LogP contribution in [0, 0.1) is 13.8 Å². The van der Waals surface area contributed by atoms with E-state index in [1.807, 2.05) is 24.3 Å². The Balaban J connectivity index is 1.39. The topological polar surface area (TPSA) is 50.7 Å². The summed E-state index contributed by atoms with van der Waals surface area (Å²) in [7, 11) is 0. The molecule has 0 atom stereocenters. The van der Waals surface area contributed by atoms with Crippen molar-refractivity contribution in [3.8, 4) is 10.6 Å². The number of nitrogens with zero attached hydrogens (tertiary/aromatic N) is 3. The minimum atomic E-state index is 0.793. The summed E-state index contributed by atoms with van der Waals surface area (Å²) in [6.07, 6.45) is 0. The first-order chi connectivity index (χ1) is 13.2. The first kappa shape index (κ1) is 18.2. The molecule has 4 rings (SSSR count). The summed E-state index contributed by atoms with van der Waals surface area (Å²) in [5.41, 5.74) is 5.81. The number of hydrogen-bond acceptors (Lipinski definition) is 7. The van der Waals surface area contributed by atoms with Crippen LogP contribution in [0.5, 0.6) is 0 Å². The monoisotopic (exact) mass is 410 g/mol. The van der Waals surface area contributed by atoms with E-state index in [1.54, 1.807) is 34.4 Å². The van der Waals surface area contributed by atoms with Gasteiger partial charge in [0.05, 0.1) is 5.69 Å². The van der Waals surface area contributed by atoms with Gasteiger partial charge in [0.2, 0.25) is 5.13 Å². The average Bonchev–Trinajstić information content (AvgIpc) is 3.34. The molecule has 0 spiro atoms. The van der Waals surface area contributed by atoms with Crippen LogP contribution in [-0.2, 0) is 5.75 Å². The molecule has 0 saturated heterocycles. The second-order valence-corrected chi connectivity index (χ2v) is 9.10. The zero-order valence-corrected chi connectivity index (χ0v) is 17.4. The summed E-state index contributed by atoms with van der Waals surface area (Å²) >= 11 is 4.92. The van der Waals surface area contributed by atoms with Crippen LogP contribution in [0.3, 0.4) is 0 Å². The van der Waals surface area contributed by atoms with Crippen molar-refractivity contribution in [2.24, 2.45) is 0 Å². The first-order valence-electron chi connectivity index (χ1n) is 8.48. The molecule has 2 aromatic heterocycles. The third-order valence-corrected chi connectivity index (χ3v) is 7.11. The molecule has 2 aromatic carbocycles. The minimum Gasteiger partial charge on any atom is -0.330 e. The summed E-state index contributed by atoms with van der Waals surface area (Å²) < 4.78 is 0.942. The van der Waals surface area contributed by atoms with Crippen LogP contribution in [-0.4, -0.2) is 15.2 Å². The predicted octanol–water partition coefficient (Wildman–Crippen LogP) is 6.31. The van der Waals surface area contributed by atoms with Gasteiger partial charge in [0.15, 0.2) is 4.34 Å². The number of aryl methyl sites for hydroxylation is 1. The largest absolute Gasteiger partial charge is 0.330 e. The summed E-state index contributed by atoms with van der Waals surface area (Å²) in [6.45, 7) is 4.22. The van der Waals surface area contributed by atoms with E-state index < -0.39 is 0 Å². The Morgan fingerprint density at radius 2 is 1.85 bits per heavy atom. The highest BCUT2D eigenvalue weighted by molar-refractivity contribution is 8.00. The highest BCUT2D eigenvalue weighted by Gasteiger charge is 2.09. The molecule has 0 aliphatic heterocycles. The van der Waals surface area contributed by atoms with Crippen molar-refractivity contribution in [1.29, 1.82) is 0 Å². The third kappa shape index (κ3) is 4.37. The van der Waals surface area contributed by atoms with E-state index in [4.69, 9.17) is 4.98 Å². The van der Waals surface area contributed by atoms with E-state index in [-0.39, 0.29) is 0 Å². The van der Waals surface area contributed by atoms with Gasteiger partial charge in [-0.1, -0.05) is 65.6 Å². The molecule has 27 heavy (non-hydrogen) atoms. The first-order valence-corrected chi connectivity index (χ1v) is 11.2. The van der Waals surface area contributed by atoms with Crippen LogP contribution in [0.2, 0.25) is 0 Å². The SMILES string of the molecule is Cc1cccc(Nc2nnc(SCc3csc(-c4ccccc4)n3)s2)c1C. The highest BCUT2D eigenvalue weighted by Crippen LogP contribution is 2.32. The molecule has 0 unspecified atom stereocenters. The van der Waals surface area contributed by atoms with Gasteiger partial charge >= 0.3 is 0 Å². The van der Waals surface area contributed by atoms with Crippen molar-refractivity contribution < 1.29 is 0 Å². The maximum absolute atomic E-state index is 4.73. The van der Waals surface area contributed by atoms with Gasteiger partial charge in [-0.2, -0.15) is 0 Å². The van der Waals surface area contributed by atoms with Crippen molar-refractivity contribution in [1.82, 2.24) is 15.2 Å². The van der Waals surface area contributed by atoms with Gasteiger partial charge < -0.3 is 5.32 Å². The van der Waals surface area contributed by atoms with Gasteiger partial charge in [-0.25, -0.2) is 4.98 Å². The van der Waals surface area contributed by atoms with Gasteiger partial charge in [0.25, 0.3) is 0 Å². The lowest BCUT2D eigenvalue weighted by Crippen LogP contribution is -1.94. The molecular weight excluding hydrogens is 392 g/mol. The summed E-state index contributed by atoms with van der Waals surface area (Å²) in [5.74, 6) is 0.793. The van der Waals surface area contributed by atoms with Crippen LogP contribution in [0.15, 0.2) is 58.3 Å². The van der Waals surface area contributed by atoms with Gasteiger partial charge in [0.1, 0.15) is 5.01 Å². The van der Waals surface area contributed by atoms with Crippen LogP contribution in [0.25, 0.3) is 10.6 Å². The van der Waals surface area contributed by atoms with Gasteiger partial charge in [-0.3, -0.25) is 0 Å². The molecule has 4 nitrogen and oxygen atoms in total. The lowest BCUT2D eigenvalue weighted by Gasteiger charge is -2.08. The normalized spacial score (nSPS) is 10.9. The van der Waals surface area contributed by atoms with Crippen molar-refractivity contribution in [2.45, 2.75) is 23.9 Å². The summed E-state index contributed by atoms with van der Waals surface area (Å²) in [5, 5.41) is 15.9. The fourth-order valence-electron chi connectivity index (χ4n) is 2.54. The second kappa shape index (κ2) is 8.21. The van der Waals surface area contributed by atoms with Crippen LogP contribution >= 0.6 is 34.4 Å². The number of aromatic nitrogens is 3. The highest BCUT2D eigenvalue weighted by atomic mass is 32.2. The maximum Gasteiger partial charge on any atom is 0.210 e. The number of hydrogen-bond donors (Lipinski definition) is 1. The van der Waals surface area contributed by atoms with Crippen LogP contribution in [0.4, 0.5) is 10.8 Å². The Bertz CT molecular complexity index is 1040. The molecule has 7 heteroatoms. The second-order valence-electron chi connectivity index (χ2n) is 6.04. The average molecular weight is 411 g/mol.